The molecule has 0 aromatic rings. The molecule has 0 saturated heterocycles. The fourth-order valence-electron chi connectivity index (χ4n) is 1.50. The fraction of sp³-hybridized carbons (Fsp3) is 1.00. The van der Waals surface area contributed by atoms with E-state index in [-0.39, 0.29) is 6.23 Å². The molecule has 0 aromatic heterocycles. The van der Waals surface area contributed by atoms with Crippen molar-refractivity contribution in [1.82, 2.24) is 0 Å². The van der Waals surface area contributed by atoms with Crippen LogP contribution < -0.4 is 5.73 Å². The van der Waals surface area contributed by atoms with Crippen LogP contribution in [-0.4, -0.2) is 28.2 Å². The minimum Gasteiger partial charge on any atom is -0.374 e. The molecule has 5 heteroatoms. The number of hydrogen-bond acceptors (Lipinski definition) is 4. The van der Waals surface area contributed by atoms with Crippen molar-refractivity contribution in [2.45, 2.75) is 46.9 Å². The van der Waals surface area contributed by atoms with Crippen LogP contribution in [0.2, 0.25) is 6.04 Å². The summed E-state index contributed by atoms with van der Waals surface area (Å²) < 4.78 is 17.1. The van der Waals surface area contributed by atoms with Gasteiger partial charge in [0.15, 0.2) is 0 Å². The Labute approximate surface area is 94.5 Å². The second-order valence-electron chi connectivity index (χ2n) is 3.97. The van der Waals surface area contributed by atoms with E-state index in [4.69, 9.17) is 19.0 Å². The van der Waals surface area contributed by atoms with E-state index in [1.54, 1.807) is 6.92 Å². The third-order valence-corrected chi connectivity index (χ3v) is 5.26. The Morgan fingerprint density at radius 1 is 1.07 bits per heavy atom. The van der Waals surface area contributed by atoms with Crippen molar-refractivity contribution in [1.29, 1.82) is 0 Å². The zero-order valence-electron chi connectivity index (χ0n) is 10.6. The highest BCUT2D eigenvalue weighted by Gasteiger charge is 2.42. The molecule has 2 N–H and O–H groups in total. The third-order valence-electron chi connectivity index (χ3n) is 1.75. The number of nitrogens with two attached hydrogens (primary N) is 1. The Kier molecular flexibility index (Phi) is 7.38. The zero-order valence-corrected chi connectivity index (χ0v) is 11.6. The Hall–Kier alpha value is 0.0569. The molecule has 0 fully saturated rings. The van der Waals surface area contributed by atoms with Crippen molar-refractivity contribution < 1.29 is 13.3 Å². The molecule has 0 spiro atoms. The summed E-state index contributed by atoms with van der Waals surface area (Å²) in [5.41, 5.74) is 5.67. The quantitative estimate of drug-likeness (QED) is 0.516. The van der Waals surface area contributed by atoms with Crippen molar-refractivity contribution in [3.8, 4) is 0 Å². The van der Waals surface area contributed by atoms with E-state index in [1.165, 1.54) is 0 Å². The second kappa shape index (κ2) is 7.35. The molecule has 0 aliphatic heterocycles. The van der Waals surface area contributed by atoms with E-state index in [1.807, 2.05) is 13.8 Å². The Morgan fingerprint density at radius 3 is 1.80 bits per heavy atom. The molecular formula is C10H25NO3Si. The molecule has 0 aliphatic rings. The molecule has 4 nitrogen and oxygen atoms in total. The average molecular weight is 235 g/mol. The highest BCUT2D eigenvalue weighted by molar-refractivity contribution is 6.60. The van der Waals surface area contributed by atoms with Crippen LogP contribution in [0, 0.1) is 5.92 Å². The molecule has 0 heterocycles. The van der Waals surface area contributed by atoms with Crippen LogP contribution in [0.15, 0.2) is 0 Å². The Morgan fingerprint density at radius 2 is 1.53 bits per heavy atom. The molecule has 92 valence electrons. The summed E-state index contributed by atoms with van der Waals surface area (Å²) in [6.45, 7) is 11.2. The average Bonchev–Trinajstić information content (AvgIpc) is 2.01. The zero-order chi connectivity index (χ0) is 11.9. The lowest BCUT2D eigenvalue weighted by atomic mass is 10.3. The first-order chi connectivity index (χ1) is 6.95. The van der Waals surface area contributed by atoms with Crippen LogP contribution >= 0.6 is 0 Å². The van der Waals surface area contributed by atoms with E-state index >= 15 is 0 Å². The normalized spacial score (nSPS) is 14.6. The molecule has 0 rings (SSSR count). The molecule has 1 atom stereocenters. The van der Waals surface area contributed by atoms with Gasteiger partial charge < -0.3 is 19.0 Å². The standard InChI is InChI=1S/C10H25NO3Si/c1-6-12-15(13-7-2,8-9(3)4)14-10(5)11/h9-10H,6-8,11H2,1-5H3. The highest BCUT2D eigenvalue weighted by atomic mass is 28.4. The summed E-state index contributed by atoms with van der Waals surface area (Å²) in [6.07, 6.45) is -0.339. The van der Waals surface area contributed by atoms with Gasteiger partial charge in [0, 0.05) is 19.3 Å². The van der Waals surface area contributed by atoms with Crippen molar-refractivity contribution in [2.75, 3.05) is 13.2 Å². The van der Waals surface area contributed by atoms with Crippen LogP contribution in [0.5, 0.6) is 0 Å². The largest absolute Gasteiger partial charge is 0.502 e. The first-order valence-electron chi connectivity index (χ1n) is 5.67. The minimum absolute atomic E-state index is 0.339. The van der Waals surface area contributed by atoms with Gasteiger partial charge in [-0.15, -0.1) is 0 Å². The highest BCUT2D eigenvalue weighted by Crippen LogP contribution is 2.21. The van der Waals surface area contributed by atoms with E-state index in [0.717, 1.165) is 6.04 Å². The van der Waals surface area contributed by atoms with Gasteiger partial charge in [-0.2, -0.15) is 0 Å². The predicted molar refractivity (Wildman–Crippen MR) is 63.4 cm³/mol. The van der Waals surface area contributed by atoms with Crippen LogP contribution in [0.4, 0.5) is 0 Å². The van der Waals surface area contributed by atoms with Gasteiger partial charge >= 0.3 is 8.80 Å². The van der Waals surface area contributed by atoms with E-state index < -0.39 is 8.80 Å². The Bertz CT molecular complexity index is 147. The summed E-state index contributed by atoms with van der Waals surface area (Å²) in [6, 6.07) is 0.816. The van der Waals surface area contributed by atoms with Crippen LogP contribution in [0.1, 0.15) is 34.6 Å². The molecule has 0 aliphatic carbocycles. The van der Waals surface area contributed by atoms with Gasteiger partial charge in [-0.1, -0.05) is 13.8 Å². The van der Waals surface area contributed by atoms with Crippen LogP contribution in [-0.2, 0) is 13.3 Å². The molecule has 0 bridgehead atoms. The molecule has 1 unspecified atom stereocenters. The number of hydrogen-bond donors (Lipinski definition) is 1. The van der Waals surface area contributed by atoms with Gasteiger partial charge in [0.05, 0.1) is 6.23 Å². The van der Waals surface area contributed by atoms with E-state index in [0.29, 0.717) is 19.1 Å². The molecule has 0 saturated carbocycles. The maximum atomic E-state index is 5.71. The maximum Gasteiger partial charge on any atom is 0.502 e. The van der Waals surface area contributed by atoms with E-state index in [2.05, 4.69) is 13.8 Å². The van der Waals surface area contributed by atoms with Crippen molar-refractivity contribution in [2.24, 2.45) is 11.7 Å². The van der Waals surface area contributed by atoms with Crippen molar-refractivity contribution in [3.05, 3.63) is 0 Å². The van der Waals surface area contributed by atoms with Crippen molar-refractivity contribution in [3.63, 3.8) is 0 Å². The van der Waals surface area contributed by atoms with Crippen LogP contribution in [0.3, 0.4) is 0 Å². The minimum atomic E-state index is -2.55. The van der Waals surface area contributed by atoms with Crippen molar-refractivity contribution >= 4 is 8.80 Å². The Balaban J connectivity index is 4.55. The number of rotatable bonds is 8. The molecule has 15 heavy (non-hydrogen) atoms. The van der Waals surface area contributed by atoms with Gasteiger partial charge in [-0.3, -0.25) is 0 Å². The smallest absolute Gasteiger partial charge is 0.374 e. The summed E-state index contributed by atoms with van der Waals surface area (Å²) in [5.74, 6) is 0.480. The van der Waals surface area contributed by atoms with Gasteiger partial charge in [0.25, 0.3) is 0 Å². The second-order valence-corrected chi connectivity index (χ2v) is 6.56. The lowest BCUT2D eigenvalue weighted by Crippen LogP contribution is -2.50. The van der Waals surface area contributed by atoms with Gasteiger partial charge in [-0.05, 0) is 26.7 Å². The fourth-order valence-corrected chi connectivity index (χ4v) is 4.50. The summed E-state index contributed by atoms with van der Waals surface area (Å²) in [4.78, 5) is 0. The van der Waals surface area contributed by atoms with Gasteiger partial charge in [0.1, 0.15) is 0 Å². The predicted octanol–water partition coefficient (Wildman–Crippen LogP) is 1.98. The first kappa shape index (κ1) is 15.1. The molecular weight excluding hydrogens is 210 g/mol. The van der Waals surface area contributed by atoms with E-state index in [9.17, 15) is 0 Å². The lowest BCUT2D eigenvalue weighted by Gasteiger charge is -2.31. The first-order valence-corrected chi connectivity index (χ1v) is 7.60. The molecule has 0 amide bonds. The lowest BCUT2D eigenvalue weighted by molar-refractivity contribution is 0.0380. The summed E-state index contributed by atoms with van der Waals surface area (Å²) in [5, 5.41) is 0. The summed E-state index contributed by atoms with van der Waals surface area (Å²) >= 11 is 0. The summed E-state index contributed by atoms with van der Waals surface area (Å²) in [7, 11) is -2.55. The monoisotopic (exact) mass is 235 g/mol. The topological polar surface area (TPSA) is 53.7 Å². The third kappa shape index (κ3) is 6.27. The SMILES string of the molecule is CCO[Si](CC(C)C)(OCC)OC(C)N. The molecule has 0 radical (unpaired) electrons. The maximum absolute atomic E-state index is 5.71. The molecule has 0 aromatic carbocycles. The van der Waals surface area contributed by atoms with Gasteiger partial charge in [-0.25, -0.2) is 0 Å². The van der Waals surface area contributed by atoms with Gasteiger partial charge in [0.2, 0.25) is 0 Å². The van der Waals surface area contributed by atoms with Crippen LogP contribution in [0.25, 0.3) is 0 Å².